The number of hydrogen-bond donors (Lipinski definition) is 4. The van der Waals surface area contributed by atoms with Crippen molar-refractivity contribution in [2.75, 3.05) is 6.54 Å². The highest BCUT2D eigenvalue weighted by atomic mass is 19.3. The number of imidazole rings is 2. The molecule has 3 aliphatic carbocycles. The van der Waals surface area contributed by atoms with Crippen LogP contribution in [0.5, 0.6) is 0 Å². The standard InChI is InChI=1S/C35H33F2N7/c36-35(37)25-13-19(20-7-10-27-28(15-20)43-33(42-27)31(38)41-22-3-1-2-4-22)5-8-23(25)24-9-6-21(14-26(24)35)30-17-39-32(44-30)29-16-34(11-12-34)18-40-29/h5-10,13-15,17,22,29,40H,1-4,11-12,16,18H2,(H2,38,41)(H,39,44)(H,42,43)/t29-/m0/s1. The van der Waals surface area contributed by atoms with Crippen LogP contribution in [-0.4, -0.2) is 38.4 Å². The molecule has 44 heavy (non-hydrogen) atoms. The van der Waals surface area contributed by atoms with Crippen molar-refractivity contribution in [2.24, 2.45) is 16.1 Å². The average molecular weight is 590 g/mol. The number of aromatic nitrogens is 4. The number of benzene rings is 3. The summed E-state index contributed by atoms with van der Waals surface area (Å²) in [5, 5.41) is 3.57. The molecule has 9 heteroatoms. The Morgan fingerprint density at radius 3 is 2.34 bits per heavy atom. The maximum Gasteiger partial charge on any atom is 0.299 e. The predicted octanol–water partition coefficient (Wildman–Crippen LogP) is 7.20. The number of amidine groups is 1. The van der Waals surface area contributed by atoms with Gasteiger partial charge in [-0.05, 0) is 84.0 Å². The Morgan fingerprint density at radius 1 is 0.886 bits per heavy atom. The zero-order valence-electron chi connectivity index (χ0n) is 24.3. The number of aromatic amines is 2. The normalized spacial score (nSPS) is 21.8. The van der Waals surface area contributed by atoms with Gasteiger partial charge < -0.3 is 21.0 Å². The minimum Gasteiger partial charge on any atom is -0.381 e. The van der Waals surface area contributed by atoms with Gasteiger partial charge in [-0.3, -0.25) is 4.99 Å². The zero-order chi connectivity index (χ0) is 29.6. The molecule has 1 spiro atoms. The van der Waals surface area contributed by atoms with Gasteiger partial charge in [0, 0.05) is 23.2 Å². The van der Waals surface area contributed by atoms with Gasteiger partial charge in [-0.25, -0.2) is 9.97 Å². The molecule has 9 rings (SSSR count). The van der Waals surface area contributed by atoms with Gasteiger partial charge in [-0.1, -0.05) is 43.2 Å². The largest absolute Gasteiger partial charge is 0.381 e. The summed E-state index contributed by atoms with van der Waals surface area (Å²) in [7, 11) is 0. The topological polar surface area (TPSA) is 108 Å². The highest BCUT2D eigenvalue weighted by Crippen LogP contribution is 2.55. The Kier molecular flexibility index (Phi) is 5.52. The molecule has 3 aromatic carbocycles. The third-order valence-corrected chi connectivity index (χ3v) is 10.3. The minimum atomic E-state index is -3.12. The molecule has 1 saturated heterocycles. The Morgan fingerprint density at radius 2 is 1.59 bits per heavy atom. The van der Waals surface area contributed by atoms with Gasteiger partial charge >= 0.3 is 0 Å². The molecule has 7 nitrogen and oxygen atoms in total. The van der Waals surface area contributed by atoms with E-state index in [-0.39, 0.29) is 23.2 Å². The second kappa shape index (κ2) is 9.32. The molecular formula is C35H33F2N7. The van der Waals surface area contributed by atoms with Crippen LogP contribution in [-0.2, 0) is 5.92 Å². The van der Waals surface area contributed by atoms with Crippen LogP contribution in [0.3, 0.4) is 0 Å². The Balaban J connectivity index is 1.01. The van der Waals surface area contributed by atoms with Crippen molar-refractivity contribution in [1.29, 1.82) is 0 Å². The number of hydrogen-bond acceptors (Lipinski definition) is 4. The molecule has 2 aromatic heterocycles. The second-order valence-electron chi connectivity index (χ2n) is 13.2. The number of fused-ring (bicyclic) bond motifs is 4. The lowest BCUT2D eigenvalue weighted by Crippen LogP contribution is -2.18. The van der Waals surface area contributed by atoms with Gasteiger partial charge in [-0.15, -0.1) is 0 Å². The molecule has 2 saturated carbocycles. The number of alkyl halides is 2. The van der Waals surface area contributed by atoms with Crippen molar-refractivity contribution in [3.05, 3.63) is 83.6 Å². The van der Waals surface area contributed by atoms with Crippen molar-refractivity contribution >= 4 is 16.9 Å². The molecule has 0 amide bonds. The van der Waals surface area contributed by atoms with Crippen molar-refractivity contribution in [2.45, 2.75) is 63.0 Å². The van der Waals surface area contributed by atoms with Crippen molar-refractivity contribution < 1.29 is 8.78 Å². The first-order valence-corrected chi connectivity index (χ1v) is 15.7. The van der Waals surface area contributed by atoms with Crippen LogP contribution in [0.1, 0.15) is 73.8 Å². The van der Waals surface area contributed by atoms with Crippen LogP contribution in [0.2, 0.25) is 0 Å². The molecule has 4 aliphatic rings. The number of rotatable bonds is 5. The summed E-state index contributed by atoms with van der Waals surface area (Å²) in [6.07, 6.45) is 9.87. The third-order valence-electron chi connectivity index (χ3n) is 10.3. The van der Waals surface area contributed by atoms with E-state index in [1.807, 2.05) is 42.5 Å². The summed E-state index contributed by atoms with van der Waals surface area (Å²) < 4.78 is 32.2. The monoisotopic (exact) mass is 589 g/mol. The number of H-pyrrole nitrogens is 2. The minimum absolute atomic E-state index is 0.0238. The molecule has 3 heterocycles. The molecule has 1 atom stereocenters. The first kappa shape index (κ1) is 26.1. The van der Waals surface area contributed by atoms with Gasteiger partial charge in [0.15, 0.2) is 11.7 Å². The number of nitrogens with one attached hydrogen (secondary N) is 3. The summed E-state index contributed by atoms with van der Waals surface area (Å²) in [6.45, 7) is 1.03. The maximum atomic E-state index is 16.1. The second-order valence-corrected chi connectivity index (χ2v) is 13.2. The molecule has 3 fully saturated rings. The van der Waals surface area contributed by atoms with Crippen LogP contribution in [0.25, 0.3) is 44.5 Å². The first-order valence-electron chi connectivity index (χ1n) is 15.7. The van der Waals surface area contributed by atoms with Crippen LogP contribution in [0.4, 0.5) is 8.78 Å². The van der Waals surface area contributed by atoms with E-state index in [0.29, 0.717) is 33.8 Å². The summed E-state index contributed by atoms with van der Waals surface area (Å²) in [6, 6.07) is 16.9. The van der Waals surface area contributed by atoms with E-state index in [1.54, 1.807) is 18.3 Å². The maximum absolute atomic E-state index is 16.1. The number of aliphatic imine (C=N–C) groups is 1. The van der Waals surface area contributed by atoms with Crippen molar-refractivity contribution in [3.63, 3.8) is 0 Å². The summed E-state index contributed by atoms with van der Waals surface area (Å²) >= 11 is 0. The summed E-state index contributed by atoms with van der Waals surface area (Å²) in [5.74, 6) is -1.28. The highest BCUT2D eigenvalue weighted by molar-refractivity contribution is 5.97. The SMILES string of the molecule is NC(=NC1CCCC1)c1nc2ccc(-c3ccc4c(c3)C(F)(F)c3cc(-c5cnc([C@@H]6CC7(CC7)CN6)[nH]5)ccc3-4)cc2[nH]1. The van der Waals surface area contributed by atoms with Gasteiger partial charge in [0.2, 0.25) is 0 Å². The zero-order valence-corrected chi connectivity index (χ0v) is 24.3. The highest BCUT2D eigenvalue weighted by Gasteiger charge is 2.49. The summed E-state index contributed by atoms with van der Waals surface area (Å²) in [5.41, 5.74) is 12.5. The van der Waals surface area contributed by atoms with E-state index in [9.17, 15) is 0 Å². The smallest absolute Gasteiger partial charge is 0.299 e. The molecule has 0 bridgehead atoms. The molecule has 0 radical (unpaired) electrons. The molecule has 222 valence electrons. The predicted molar refractivity (Wildman–Crippen MR) is 168 cm³/mol. The van der Waals surface area contributed by atoms with Crippen LogP contribution in [0, 0.1) is 5.41 Å². The van der Waals surface area contributed by atoms with Gasteiger partial charge in [-0.2, -0.15) is 8.78 Å². The van der Waals surface area contributed by atoms with Crippen LogP contribution >= 0.6 is 0 Å². The molecule has 5 N–H and O–H groups in total. The molecule has 5 aromatic rings. The summed E-state index contributed by atoms with van der Waals surface area (Å²) in [4.78, 5) is 20.6. The lowest BCUT2D eigenvalue weighted by atomic mass is 9.98. The van der Waals surface area contributed by atoms with Crippen molar-refractivity contribution in [1.82, 2.24) is 25.3 Å². The van der Waals surface area contributed by atoms with E-state index >= 15 is 8.78 Å². The van der Waals surface area contributed by atoms with E-state index in [1.165, 1.54) is 25.7 Å². The lowest BCUT2D eigenvalue weighted by molar-refractivity contribution is 0.0481. The molecule has 1 aliphatic heterocycles. The van der Waals surface area contributed by atoms with Crippen LogP contribution in [0.15, 0.2) is 65.8 Å². The van der Waals surface area contributed by atoms with Gasteiger partial charge in [0.25, 0.3) is 5.92 Å². The average Bonchev–Trinajstić information content (AvgIpc) is 3.61. The van der Waals surface area contributed by atoms with E-state index in [0.717, 1.165) is 59.5 Å². The fourth-order valence-electron chi connectivity index (χ4n) is 7.50. The van der Waals surface area contributed by atoms with Gasteiger partial charge in [0.05, 0.1) is 35.0 Å². The van der Waals surface area contributed by atoms with E-state index < -0.39 is 5.92 Å². The van der Waals surface area contributed by atoms with Crippen LogP contribution < -0.4 is 11.1 Å². The number of nitrogens with zero attached hydrogens (tertiary/aromatic N) is 3. The first-order chi connectivity index (χ1) is 21.4. The Hall–Kier alpha value is -4.37. The Bertz CT molecular complexity index is 1980. The number of nitrogens with two attached hydrogens (primary N) is 1. The molecule has 0 unspecified atom stereocenters. The fourth-order valence-corrected chi connectivity index (χ4v) is 7.50. The van der Waals surface area contributed by atoms with E-state index in [4.69, 9.17) is 5.73 Å². The van der Waals surface area contributed by atoms with E-state index in [2.05, 4.69) is 30.2 Å². The Labute approximate surface area is 253 Å². The fraction of sp³-hybridized carbons (Fsp3) is 0.343. The lowest BCUT2D eigenvalue weighted by Gasteiger charge is -2.14. The van der Waals surface area contributed by atoms with Crippen molar-refractivity contribution in [3.8, 4) is 33.5 Å². The van der Waals surface area contributed by atoms with Gasteiger partial charge in [0.1, 0.15) is 5.82 Å². The third kappa shape index (κ3) is 4.13. The molecular weight excluding hydrogens is 556 g/mol. The quantitative estimate of drug-likeness (QED) is 0.128. The number of halogens is 2.